The lowest BCUT2D eigenvalue weighted by molar-refractivity contribution is -0.141. The Bertz CT molecular complexity index is 1360. The van der Waals surface area contributed by atoms with Crippen molar-refractivity contribution in [2.75, 3.05) is 29.6 Å². The Kier molecular flexibility index (Phi) is 8.03. The maximum absolute atomic E-state index is 13.9. The van der Waals surface area contributed by atoms with Crippen LogP contribution in [-0.4, -0.2) is 51.6 Å². The Morgan fingerprint density at radius 2 is 1.92 bits per heavy atom. The van der Waals surface area contributed by atoms with Crippen molar-refractivity contribution in [3.8, 4) is 0 Å². The summed E-state index contributed by atoms with van der Waals surface area (Å²) < 4.78 is 84.5. The largest absolute Gasteiger partial charge is 0.463 e. The number of hydrogen-bond donors (Lipinski definition) is 2. The molecule has 3 rings (SSSR count). The lowest BCUT2D eigenvalue weighted by Crippen LogP contribution is -2.31. The van der Waals surface area contributed by atoms with E-state index in [1.165, 1.54) is 36.1 Å². The molecule has 1 aromatic carbocycles. The second-order valence-corrected chi connectivity index (χ2v) is 11.1. The van der Waals surface area contributed by atoms with Gasteiger partial charge in [0.05, 0.1) is 20.3 Å². The van der Waals surface area contributed by atoms with E-state index in [1.807, 2.05) is 0 Å². The highest BCUT2D eigenvalue weighted by molar-refractivity contribution is 7.93. The number of anilines is 2. The summed E-state index contributed by atoms with van der Waals surface area (Å²) in [6.45, 7) is 0.777. The van der Waals surface area contributed by atoms with Crippen LogP contribution in [0.3, 0.4) is 0 Å². The normalized spacial score (nSPS) is 17.5. The van der Waals surface area contributed by atoms with Gasteiger partial charge in [-0.3, -0.25) is 4.79 Å². The van der Waals surface area contributed by atoms with Gasteiger partial charge < -0.3 is 15.3 Å². The molecule has 1 aliphatic heterocycles. The molecule has 2 aromatic rings. The number of hydrogen-bond acceptors (Lipinski definition) is 5. The number of nitrogens with zero attached hydrogens (tertiary/aromatic N) is 3. The van der Waals surface area contributed by atoms with Crippen molar-refractivity contribution >= 4 is 44.8 Å². The number of benzene rings is 1. The molecule has 1 fully saturated rings. The number of rotatable bonds is 4. The molecule has 1 unspecified atom stereocenters. The first-order chi connectivity index (χ1) is 17.0. The van der Waals surface area contributed by atoms with E-state index in [-0.39, 0.29) is 41.2 Å². The van der Waals surface area contributed by atoms with Crippen LogP contribution in [0.4, 0.5) is 38.3 Å². The molecule has 0 saturated carbocycles. The fourth-order valence-electron chi connectivity index (χ4n) is 3.83. The van der Waals surface area contributed by atoms with Crippen molar-refractivity contribution in [3.63, 3.8) is 0 Å². The van der Waals surface area contributed by atoms with E-state index < -0.39 is 63.2 Å². The molecule has 0 bridgehead atoms. The third kappa shape index (κ3) is 6.66. The number of carbonyl (C=O) groups excluding carboxylic acids is 1. The van der Waals surface area contributed by atoms with Gasteiger partial charge in [-0.25, -0.2) is 22.8 Å². The highest BCUT2D eigenvalue weighted by atomic mass is 35.5. The minimum absolute atomic E-state index is 0.0250. The molecule has 1 aromatic heterocycles. The Morgan fingerprint density at radius 3 is 2.54 bits per heavy atom. The fraction of sp³-hybridized carbons (Fsp3) is 0.409. The van der Waals surface area contributed by atoms with Gasteiger partial charge in [0, 0.05) is 42.8 Å². The molecule has 0 radical (unpaired) electrons. The van der Waals surface area contributed by atoms with Crippen molar-refractivity contribution < 1.29 is 40.9 Å². The van der Waals surface area contributed by atoms with Crippen LogP contribution in [0.1, 0.15) is 40.9 Å². The molecule has 1 atom stereocenters. The maximum atomic E-state index is 13.9. The summed E-state index contributed by atoms with van der Waals surface area (Å²) >= 11 is 5.95. The summed E-state index contributed by atoms with van der Waals surface area (Å²) in [5, 5.41) is 10.5. The van der Waals surface area contributed by atoms with Crippen molar-refractivity contribution in [1.82, 2.24) is 4.98 Å². The first kappa shape index (κ1) is 28.6. The number of carbonyl (C=O) groups is 2. The van der Waals surface area contributed by atoms with E-state index >= 15 is 0 Å². The molecule has 0 spiro atoms. The molecular weight excluding hydrogens is 547 g/mol. The molecule has 2 amide bonds. The standard InChI is InChI=1S/C22H22ClF5N4O4S/c1-12-15(19(33)29-13-5-3-6-14(11-13)37(2,36)31-20(34)35)18(30-17(16(12)23)22(26,27)28)32-9-4-7-21(24,25)8-10-32/h3,5-6,11H,4,7-10H2,1-2H3,(H,29,33)(H,34,35). The van der Waals surface area contributed by atoms with Crippen LogP contribution >= 0.6 is 11.6 Å². The lowest BCUT2D eigenvalue weighted by atomic mass is 10.1. The molecule has 202 valence electrons. The maximum Gasteiger partial charge on any atom is 0.439 e. The Hall–Kier alpha value is -3.00. The van der Waals surface area contributed by atoms with Gasteiger partial charge in [-0.1, -0.05) is 17.7 Å². The summed E-state index contributed by atoms with van der Waals surface area (Å²) in [5.74, 6) is -4.40. The van der Waals surface area contributed by atoms with E-state index in [1.54, 1.807) is 0 Å². The number of pyridine rings is 1. The smallest absolute Gasteiger partial charge is 0.439 e. The quantitative estimate of drug-likeness (QED) is 0.433. The zero-order chi connectivity index (χ0) is 27.8. The number of carboxylic acid groups (broad SMARTS) is 1. The van der Waals surface area contributed by atoms with Crippen molar-refractivity contribution in [3.05, 3.63) is 46.1 Å². The van der Waals surface area contributed by atoms with Gasteiger partial charge in [-0.15, -0.1) is 4.36 Å². The van der Waals surface area contributed by atoms with E-state index in [0.717, 1.165) is 6.26 Å². The summed E-state index contributed by atoms with van der Waals surface area (Å²) in [6, 6.07) is 5.27. The third-order valence-electron chi connectivity index (χ3n) is 5.65. The molecule has 2 heterocycles. The van der Waals surface area contributed by atoms with Gasteiger partial charge in [0.1, 0.15) is 5.82 Å². The van der Waals surface area contributed by atoms with Crippen molar-refractivity contribution in [2.24, 2.45) is 4.36 Å². The second-order valence-electron chi connectivity index (χ2n) is 8.45. The first-order valence-corrected chi connectivity index (χ1v) is 13.1. The third-order valence-corrected chi connectivity index (χ3v) is 7.74. The van der Waals surface area contributed by atoms with Gasteiger partial charge in [0.15, 0.2) is 5.69 Å². The SMILES string of the molecule is Cc1c(Cl)c(C(F)(F)F)nc(N2CCCC(F)(F)CC2)c1C(=O)Nc1cccc(S(C)(=O)=NC(=O)O)c1. The molecule has 2 N–H and O–H groups in total. The van der Waals surface area contributed by atoms with E-state index in [2.05, 4.69) is 14.7 Å². The van der Waals surface area contributed by atoms with Gasteiger partial charge in [-0.2, -0.15) is 13.2 Å². The summed E-state index contributed by atoms with van der Waals surface area (Å²) in [7, 11) is -3.37. The average molecular weight is 569 g/mol. The van der Waals surface area contributed by atoms with Crippen LogP contribution < -0.4 is 10.2 Å². The van der Waals surface area contributed by atoms with Crippen LogP contribution in [0.25, 0.3) is 0 Å². The topological polar surface area (TPSA) is 112 Å². The van der Waals surface area contributed by atoms with Gasteiger partial charge in [0.25, 0.3) is 5.91 Å². The number of alkyl halides is 5. The van der Waals surface area contributed by atoms with Crippen LogP contribution in [0.5, 0.6) is 0 Å². The van der Waals surface area contributed by atoms with Crippen molar-refractivity contribution in [2.45, 2.75) is 43.2 Å². The van der Waals surface area contributed by atoms with Crippen molar-refractivity contribution in [1.29, 1.82) is 0 Å². The monoisotopic (exact) mass is 568 g/mol. The van der Waals surface area contributed by atoms with Crippen LogP contribution in [0.2, 0.25) is 5.02 Å². The number of halogens is 6. The molecule has 8 nitrogen and oxygen atoms in total. The predicted octanol–water partition coefficient (Wildman–Crippen LogP) is 6.07. The Labute approximate surface area is 214 Å². The van der Waals surface area contributed by atoms with Crippen LogP contribution in [-0.2, 0) is 15.9 Å². The molecule has 37 heavy (non-hydrogen) atoms. The van der Waals surface area contributed by atoms with E-state index in [4.69, 9.17) is 16.7 Å². The second kappa shape index (κ2) is 10.4. The highest BCUT2D eigenvalue weighted by Crippen LogP contribution is 2.40. The minimum atomic E-state index is -4.97. The first-order valence-electron chi connectivity index (χ1n) is 10.8. The molecule has 1 saturated heterocycles. The molecular formula is C22H22ClF5N4O4S. The van der Waals surface area contributed by atoms with E-state index in [0.29, 0.717) is 0 Å². The number of aromatic nitrogens is 1. The fourth-order valence-corrected chi connectivity index (χ4v) is 5.16. The molecule has 15 heteroatoms. The molecule has 1 aliphatic rings. The van der Waals surface area contributed by atoms with Gasteiger partial charge >= 0.3 is 12.3 Å². The lowest BCUT2D eigenvalue weighted by Gasteiger charge is -2.27. The summed E-state index contributed by atoms with van der Waals surface area (Å²) in [5.41, 5.74) is -2.02. The van der Waals surface area contributed by atoms with E-state index in [9.17, 15) is 35.8 Å². The Morgan fingerprint density at radius 1 is 1.24 bits per heavy atom. The zero-order valence-corrected chi connectivity index (χ0v) is 21.1. The minimum Gasteiger partial charge on any atom is -0.463 e. The van der Waals surface area contributed by atoms with Gasteiger partial charge in [-0.05, 0) is 37.1 Å². The predicted molar refractivity (Wildman–Crippen MR) is 127 cm³/mol. The van der Waals surface area contributed by atoms with Gasteiger partial charge in [0.2, 0.25) is 5.92 Å². The average Bonchev–Trinajstić information content (AvgIpc) is 2.94. The summed E-state index contributed by atoms with van der Waals surface area (Å²) in [4.78, 5) is 29.0. The highest BCUT2D eigenvalue weighted by Gasteiger charge is 2.40. The zero-order valence-electron chi connectivity index (χ0n) is 19.5. The summed E-state index contributed by atoms with van der Waals surface area (Å²) in [6.07, 6.45) is -6.69. The number of nitrogens with one attached hydrogen (secondary N) is 1. The Balaban J connectivity index is 2.09. The molecule has 0 aliphatic carbocycles. The number of amides is 2. The van der Waals surface area contributed by atoms with Crippen LogP contribution in [0.15, 0.2) is 33.5 Å². The van der Waals surface area contributed by atoms with Crippen LogP contribution in [0, 0.1) is 6.92 Å².